The Bertz CT molecular complexity index is 1530. The summed E-state index contributed by atoms with van der Waals surface area (Å²) in [5.74, 6) is 2.10. The number of H-pyrrole nitrogens is 1. The first-order valence-corrected chi connectivity index (χ1v) is 14.2. The van der Waals surface area contributed by atoms with Crippen LogP contribution in [0, 0.1) is 12.8 Å². The van der Waals surface area contributed by atoms with Gasteiger partial charge in [-0.15, -0.1) is 0 Å². The number of hydrogen-bond acceptors (Lipinski definition) is 2. The van der Waals surface area contributed by atoms with Crippen LogP contribution in [0.15, 0.2) is 66.7 Å². The minimum atomic E-state index is -0.456. The molecule has 38 heavy (non-hydrogen) atoms. The second-order valence-electron chi connectivity index (χ2n) is 11.9. The van der Waals surface area contributed by atoms with Crippen molar-refractivity contribution in [3.8, 4) is 11.4 Å². The fourth-order valence-electron chi connectivity index (χ4n) is 7.68. The Hall–Kier alpha value is -3.24. The van der Waals surface area contributed by atoms with Crippen molar-refractivity contribution in [3.05, 3.63) is 94.6 Å². The van der Waals surface area contributed by atoms with Gasteiger partial charge in [0.25, 0.3) is 0 Å². The number of nitrogens with one attached hydrogen (secondary N) is 1. The van der Waals surface area contributed by atoms with Crippen molar-refractivity contribution in [2.45, 2.75) is 63.6 Å². The van der Waals surface area contributed by atoms with E-state index in [1.807, 2.05) is 18.2 Å². The number of aromatic amines is 1. The topological polar surface area (TPSA) is 31.9 Å². The summed E-state index contributed by atoms with van der Waals surface area (Å²) in [4.78, 5) is 11.0. The van der Waals surface area contributed by atoms with Crippen LogP contribution in [0.2, 0.25) is 0 Å². The summed E-state index contributed by atoms with van der Waals surface area (Å²) in [5.41, 5.74) is 9.56. The summed E-state index contributed by atoms with van der Waals surface area (Å²) in [6, 6.07) is 22.0. The van der Waals surface area contributed by atoms with Gasteiger partial charge >= 0.3 is 0 Å². The number of allylic oxidation sites excluding steroid dienone is 1. The highest BCUT2D eigenvalue weighted by Crippen LogP contribution is 2.48. The molecule has 0 bridgehead atoms. The molecule has 3 aromatic carbocycles. The third-order valence-corrected chi connectivity index (χ3v) is 9.83. The summed E-state index contributed by atoms with van der Waals surface area (Å²) in [6.07, 6.45) is 9.89. The first kappa shape index (κ1) is 23.8. The molecule has 1 spiro atoms. The molecule has 4 atom stereocenters. The lowest BCUT2D eigenvalue weighted by Crippen LogP contribution is -2.50. The third-order valence-electron chi connectivity index (χ3n) is 9.83. The second kappa shape index (κ2) is 9.20. The van der Waals surface area contributed by atoms with E-state index in [4.69, 9.17) is 4.98 Å². The van der Waals surface area contributed by atoms with Crippen molar-refractivity contribution in [2.75, 3.05) is 13.1 Å². The van der Waals surface area contributed by atoms with E-state index in [9.17, 15) is 4.39 Å². The summed E-state index contributed by atoms with van der Waals surface area (Å²) in [5, 5.41) is 0. The fourth-order valence-corrected chi connectivity index (χ4v) is 7.68. The summed E-state index contributed by atoms with van der Waals surface area (Å²) in [7, 11) is 0. The highest BCUT2D eigenvalue weighted by atomic mass is 19.1. The van der Waals surface area contributed by atoms with Crippen LogP contribution in [-0.4, -0.2) is 34.0 Å². The van der Waals surface area contributed by atoms with Crippen LogP contribution in [0.3, 0.4) is 0 Å². The lowest BCUT2D eigenvalue weighted by molar-refractivity contribution is 0.0898. The van der Waals surface area contributed by atoms with Gasteiger partial charge in [0.15, 0.2) is 0 Å². The molecular formula is C34H36FN3. The number of fused-ring (bicyclic) bond motifs is 3. The molecule has 0 amide bonds. The molecule has 7 rings (SSSR count). The number of hydrogen-bond donors (Lipinski definition) is 1. The van der Waals surface area contributed by atoms with Gasteiger partial charge in [-0.05, 0) is 97.0 Å². The average Bonchev–Trinajstić information content (AvgIpc) is 3.68. The van der Waals surface area contributed by atoms with Gasteiger partial charge in [0.05, 0.1) is 11.0 Å². The van der Waals surface area contributed by atoms with Gasteiger partial charge in [-0.2, -0.15) is 0 Å². The molecule has 4 aromatic rings. The molecule has 1 saturated heterocycles. The Morgan fingerprint density at radius 3 is 2.82 bits per heavy atom. The molecule has 3 nitrogen and oxygen atoms in total. The fraction of sp³-hybridized carbons (Fsp3) is 0.382. The molecule has 4 heteroatoms. The summed E-state index contributed by atoms with van der Waals surface area (Å²) in [6.45, 7) is 6.62. The molecule has 2 heterocycles. The molecule has 2 fully saturated rings. The molecule has 0 radical (unpaired) electrons. The molecule has 1 aliphatic heterocycles. The number of alkyl halides is 1. The third kappa shape index (κ3) is 3.84. The number of aryl methyl sites for hydroxylation is 1. The second-order valence-corrected chi connectivity index (χ2v) is 11.9. The minimum Gasteiger partial charge on any atom is -0.338 e. The Kier molecular flexibility index (Phi) is 5.77. The van der Waals surface area contributed by atoms with E-state index >= 15 is 0 Å². The normalized spacial score (nSPS) is 27.0. The van der Waals surface area contributed by atoms with Crippen LogP contribution in [-0.2, 0) is 12.1 Å². The quantitative estimate of drug-likeness (QED) is 0.305. The van der Waals surface area contributed by atoms with Crippen molar-refractivity contribution in [1.82, 2.24) is 14.9 Å². The van der Waals surface area contributed by atoms with Gasteiger partial charge in [0.2, 0.25) is 0 Å². The van der Waals surface area contributed by atoms with Gasteiger partial charge in [-0.1, -0.05) is 61.5 Å². The van der Waals surface area contributed by atoms with Crippen LogP contribution in [0.25, 0.3) is 28.5 Å². The van der Waals surface area contributed by atoms with Crippen LogP contribution in [0.5, 0.6) is 0 Å². The van der Waals surface area contributed by atoms with Crippen LogP contribution in [0.4, 0.5) is 4.39 Å². The summed E-state index contributed by atoms with van der Waals surface area (Å²) >= 11 is 0. The number of aromatic nitrogens is 2. The van der Waals surface area contributed by atoms with Crippen LogP contribution < -0.4 is 0 Å². The Morgan fingerprint density at radius 1 is 1.08 bits per heavy atom. The maximum absolute atomic E-state index is 13.1. The van der Waals surface area contributed by atoms with Crippen molar-refractivity contribution in [2.24, 2.45) is 5.92 Å². The number of benzene rings is 3. The molecule has 1 N–H and O–H groups in total. The zero-order valence-corrected chi connectivity index (χ0v) is 22.4. The number of likely N-dealkylation sites (tertiary alicyclic amines) is 1. The Labute approximate surface area is 224 Å². The van der Waals surface area contributed by atoms with Gasteiger partial charge in [0.1, 0.15) is 12.5 Å². The predicted molar refractivity (Wildman–Crippen MR) is 154 cm³/mol. The number of rotatable bonds is 4. The van der Waals surface area contributed by atoms with E-state index in [0.717, 1.165) is 22.4 Å². The zero-order valence-electron chi connectivity index (χ0n) is 22.4. The first-order valence-electron chi connectivity index (χ1n) is 14.2. The lowest BCUT2D eigenvalue weighted by Gasteiger charge is -2.46. The van der Waals surface area contributed by atoms with Crippen molar-refractivity contribution in [1.29, 1.82) is 0 Å². The van der Waals surface area contributed by atoms with Gasteiger partial charge in [0, 0.05) is 23.6 Å². The van der Waals surface area contributed by atoms with E-state index in [0.29, 0.717) is 23.4 Å². The van der Waals surface area contributed by atoms with Crippen molar-refractivity contribution in [3.63, 3.8) is 0 Å². The molecule has 1 aromatic heterocycles. The number of nitrogens with zero attached hydrogens (tertiary/aromatic N) is 2. The molecule has 3 aliphatic rings. The lowest BCUT2D eigenvalue weighted by atomic mass is 9.68. The van der Waals surface area contributed by atoms with E-state index in [1.54, 1.807) is 5.56 Å². The maximum Gasteiger partial charge on any atom is 0.138 e. The monoisotopic (exact) mass is 505 g/mol. The first-order chi connectivity index (χ1) is 18.5. The van der Waals surface area contributed by atoms with Gasteiger partial charge in [-0.25, -0.2) is 9.37 Å². The Balaban J connectivity index is 1.05. The highest BCUT2D eigenvalue weighted by Gasteiger charge is 2.45. The molecular weight excluding hydrogens is 469 g/mol. The van der Waals surface area contributed by atoms with Crippen LogP contribution >= 0.6 is 0 Å². The van der Waals surface area contributed by atoms with E-state index < -0.39 is 6.67 Å². The van der Waals surface area contributed by atoms with Crippen LogP contribution in [0.1, 0.15) is 66.3 Å². The zero-order chi connectivity index (χ0) is 25.9. The maximum atomic E-state index is 13.1. The number of imidazole rings is 1. The van der Waals surface area contributed by atoms with Crippen molar-refractivity contribution >= 4 is 17.1 Å². The molecule has 2 aliphatic carbocycles. The largest absolute Gasteiger partial charge is 0.338 e. The van der Waals surface area contributed by atoms with Crippen molar-refractivity contribution < 1.29 is 4.39 Å². The van der Waals surface area contributed by atoms with Gasteiger partial charge < -0.3 is 9.88 Å². The molecule has 3 unspecified atom stereocenters. The smallest absolute Gasteiger partial charge is 0.138 e. The molecule has 194 valence electrons. The van der Waals surface area contributed by atoms with E-state index in [-0.39, 0.29) is 5.41 Å². The van der Waals surface area contributed by atoms with E-state index in [2.05, 4.69) is 78.3 Å². The average molecular weight is 506 g/mol. The Morgan fingerprint density at radius 2 is 1.97 bits per heavy atom. The number of piperidine rings is 1. The minimum absolute atomic E-state index is 0.224. The molecule has 1 saturated carbocycles. The predicted octanol–water partition coefficient (Wildman–Crippen LogP) is 7.95. The van der Waals surface area contributed by atoms with Gasteiger partial charge in [-0.3, -0.25) is 0 Å². The number of halogens is 1. The highest BCUT2D eigenvalue weighted by molar-refractivity contribution is 5.80. The summed E-state index contributed by atoms with van der Waals surface area (Å²) < 4.78 is 13.1. The van der Waals surface area contributed by atoms with E-state index in [1.165, 1.54) is 55.5 Å². The SMILES string of the molecule is Cc1cc(-c2nc3ccc(CF)cc3[nH]2)ccc1C1CCC(N2CCC3(C=Cc4ccccc43)[C@@H](C)C2)C1. The standard InChI is InChI=1S/C34H36FN3/c1-22-17-27(33-36-31-12-7-24(20-35)18-32(31)37-33)9-11-29(22)26-8-10-28(19-26)38-16-15-34(23(2)21-38)14-13-25-5-3-4-6-30(25)34/h3-7,9,11-14,17-18,23,26,28H,8,10,15-16,19-21H2,1-2H3,(H,36,37)/t23-,26?,28?,34?/m0/s1.